The lowest BCUT2D eigenvalue weighted by Gasteiger charge is -2.02. The SMILES string of the molecule is CCc1ccc(-c2nc(SCCc3ccc(OC)cc3)n[nH]2)cc1. The minimum Gasteiger partial charge on any atom is -0.497 e. The van der Waals surface area contributed by atoms with E-state index in [1.165, 1.54) is 11.1 Å². The first kappa shape index (κ1) is 16.6. The number of nitrogens with one attached hydrogen (secondary N) is 1. The molecule has 4 nitrogen and oxygen atoms in total. The summed E-state index contributed by atoms with van der Waals surface area (Å²) in [5.74, 6) is 2.65. The van der Waals surface area contributed by atoms with Crippen molar-refractivity contribution in [1.29, 1.82) is 0 Å². The van der Waals surface area contributed by atoms with Crippen LogP contribution in [0.2, 0.25) is 0 Å². The molecule has 5 heteroatoms. The predicted octanol–water partition coefficient (Wildman–Crippen LogP) is 4.38. The molecule has 0 aliphatic heterocycles. The van der Waals surface area contributed by atoms with Crippen molar-refractivity contribution in [3.05, 3.63) is 59.7 Å². The molecule has 0 aliphatic carbocycles. The Bertz CT molecular complexity index is 766. The first-order valence-corrected chi connectivity index (χ1v) is 9.04. The van der Waals surface area contributed by atoms with Gasteiger partial charge in [-0.3, -0.25) is 5.10 Å². The van der Waals surface area contributed by atoms with E-state index < -0.39 is 0 Å². The molecule has 1 aromatic heterocycles. The number of methoxy groups -OCH3 is 1. The lowest BCUT2D eigenvalue weighted by Crippen LogP contribution is -1.90. The molecule has 0 radical (unpaired) electrons. The molecule has 0 amide bonds. The van der Waals surface area contributed by atoms with Crippen molar-refractivity contribution in [2.75, 3.05) is 12.9 Å². The number of nitrogens with zero attached hydrogens (tertiary/aromatic N) is 2. The highest BCUT2D eigenvalue weighted by atomic mass is 32.2. The van der Waals surface area contributed by atoms with Crippen LogP contribution in [0.4, 0.5) is 0 Å². The van der Waals surface area contributed by atoms with Crippen LogP contribution in [0, 0.1) is 0 Å². The van der Waals surface area contributed by atoms with E-state index in [4.69, 9.17) is 4.74 Å². The Morgan fingerprint density at radius 1 is 1.00 bits per heavy atom. The third-order valence-electron chi connectivity index (χ3n) is 3.88. The van der Waals surface area contributed by atoms with E-state index in [2.05, 4.69) is 58.5 Å². The number of ether oxygens (including phenoxy) is 1. The number of rotatable bonds is 7. The standard InChI is InChI=1S/C19H21N3OS/c1-3-14-4-8-16(9-5-14)18-20-19(22-21-18)24-13-12-15-6-10-17(23-2)11-7-15/h4-11H,3,12-13H2,1-2H3,(H,20,21,22). The maximum Gasteiger partial charge on any atom is 0.208 e. The van der Waals surface area contributed by atoms with Crippen molar-refractivity contribution in [3.63, 3.8) is 0 Å². The summed E-state index contributed by atoms with van der Waals surface area (Å²) in [6.45, 7) is 2.15. The molecular formula is C19H21N3OS. The van der Waals surface area contributed by atoms with Crippen LogP contribution in [-0.2, 0) is 12.8 Å². The smallest absolute Gasteiger partial charge is 0.208 e. The number of H-pyrrole nitrogens is 1. The quantitative estimate of drug-likeness (QED) is 0.649. The molecule has 0 aliphatic rings. The van der Waals surface area contributed by atoms with Gasteiger partial charge in [0.05, 0.1) is 7.11 Å². The number of benzene rings is 2. The van der Waals surface area contributed by atoms with Gasteiger partial charge in [0.25, 0.3) is 0 Å². The Kier molecular flexibility index (Phi) is 5.54. The van der Waals surface area contributed by atoms with E-state index >= 15 is 0 Å². The van der Waals surface area contributed by atoms with E-state index in [1.54, 1.807) is 18.9 Å². The fraction of sp³-hybridized carbons (Fsp3) is 0.263. The zero-order chi connectivity index (χ0) is 16.8. The molecule has 0 saturated carbocycles. The lowest BCUT2D eigenvalue weighted by atomic mass is 10.1. The molecule has 1 heterocycles. The van der Waals surface area contributed by atoms with Crippen LogP contribution >= 0.6 is 11.8 Å². The average Bonchev–Trinajstić information content (AvgIpc) is 3.11. The van der Waals surface area contributed by atoms with Crippen molar-refractivity contribution in [1.82, 2.24) is 15.2 Å². The largest absolute Gasteiger partial charge is 0.497 e. The van der Waals surface area contributed by atoms with Gasteiger partial charge in [-0.15, -0.1) is 5.10 Å². The van der Waals surface area contributed by atoms with E-state index in [-0.39, 0.29) is 0 Å². The van der Waals surface area contributed by atoms with Crippen molar-refractivity contribution < 1.29 is 4.74 Å². The van der Waals surface area contributed by atoms with Crippen LogP contribution in [0.25, 0.3) is 11.4 Å². The van der Waals surface area contributed by atoms with Gasteiger partial charge in [0, 0.05) is 11.3 Å². The van der Waals surface area contributed by atoms with E-state index in [1.807, 2.05) is 12.1 Å². The molecule has 124 valence electrons. The second kappa shape index (κ2) is 8.02. The summed E-state index contributed by atoms with van der Waals surface area (Å²) in [5, 5.41) is 8.12. The van der Waals surface area contributed by atoms with Crippen LogP contribution in [-0.4, -0.2) is 28.0 Å². The molecule has 0 fully saturated rings. The summed E-state index contributed by atoms with van der Waals surface area (Å²) >= 11 is 1.66. The highest BCUT2D eigenvalue weighted by Gasteiger charge is 2.06. The first-order chi connectivity index (χ1) is 11.8. The van der Waals surface area contributed by atoms with Gasteiger partial charge in [-0.1, -0.05) is 55.1 Å². The number of thioether (sulfide) groups is 1. The predicted molar refractivity (Wildman–Crippen MR) is 98.6 cm³/mol. The summed E-state index contributed by atoms with van der Waals surface area (Å²) < 4.78 is 5.17. The topological polar surface area (TPSA) is 50.8 Å². The van der Waals surface area contributed by atoms with Gasteiger partial charge < -0.3 is 4.74 Å². The third-order valence-corrected chi connectivity index (χ3v) is 4.73. The minimum absolute atomic E-state index is 0.790. The molecule has 3 aromatic rings. The number of aromatic amines is 1. The highest BCUT2D eigenvalue weighted by Crippen LogP contribution is 2.21. The summed E-state index contributed by atoms with van der Waals surface area (Å²) in [6, 6.07) is 16.6. The molecule has 1 N–H and O–H groups in total. The second-order valence-electron chi connectivity index (χ2n) is 5.46. The van der Waals surface area contributed by atoms with Crippen LogP contribution < -0.4 is 4.74 Å². The Hall–Kier alpha value is -2.27. The third kappa shape index (κ3) is 4.17. The fourth-order valence-electron chi connectivity index (χ4n) is 2.39. The lowest BCUT2D eigenvalue weighted by molar-refractivity contribution is 0.414. The van der Waals surface area contributed by atoms with Gasteiger partial charge in [-0.05, 0) is 36.1 Å². The van der Waals surface area contributed by atoms with Crippen LogP contribution in [0.1, 0.15) is 18.1 Å². The maximum atomic E-state index is 5.17. The van der Waals surface area contributed by atoms with Crippen molar-refractivity contribution in [2.45, 2.75) is 24.9 Å². The monoisotopic (exact) mass is 339 g/mol. The van der Waals surface area contributed by atoms with Gasteiger partial charge in [0.2, 0.25) is 5.16 Å². The fourth-order valence-corrected chi connectivity index (χ4v) is 3.18. The van der Waals surface area contributed by atoms with Gasteiger partial charge in [0.1, 0.15) is 5.75 Å². The molecule has 0 bridgehead atoms. The molecule has 24 heavy (non-hydrogen) atoms. The first-order valence-electron chi connectivity index (χ1n) is 8.06. The van der Waals surface area contributed by atoms with E-state index in [0.717, 1.165) is 40.9 Å². The molecule has 0 unspecified atom stereocenters. The Labute approximate surface area is 146 Å². The Morgan fingerprint density at radius 2 is 1.71 bits per heavy atom. The van der Waals surface area contributed by atoms with Crippen molar-refractivity contribution >= 4 is 11.8 Å². The summed E-state index contributed by atoms with van der Waals surface area (Å²) in [4.78, 5) is 4.57. The van der Waals surface area contributed by atoms with Crippen LogP contribution in [0.3, 0.4) is 0 Å². The van der Waals surface area contributed by atoms with Crippen LogP contribution in [0.15, 0.2) is 53.7 Å². The molecule has 0 atom stereocenters. The minimum atomic E-state index is 0.790. The maximum absolute atomic E-state index is 5.17. The van der Waals surface area contributed by atoms with Gasteiger partial charge in [-0.2, -0.15) is 0 Å². The van der Waals surface area contributed by atoms with Gasteiger partial charge in [-0.25, -0.2) is 4.98 Å². The highest BCUT2D eigenvalue weighted by molar-refractivity contribution is 7.99. The van der Waals surface area contributed by atoms with Gasteiger partial charge in [0.15, 0.2) is 5.82 Å². The molecule has 3 rings (SSSR count). The molecule has 0 spiro atoms. The average molecular weight is 339 g/mol. The molecule has 0 saturated heterocycles. The normalized spacial score (nSPS) is 10.8. The van der Waals surface area contributed by atoms with Crippen molar-refractivity contribution in [3.8, 4) is 17.1 Å². The Morgan fingerprint density at radius 3 is 2.38 bits per heavy atom. The number of hydrogen-bond acceptors (Lipinski definition) is 4. The summed E-state index contributed by atoms with van der Waals surface area (Å²) in [5.41, 5.74) is 3.68. The Balaban J connectivity index is 1.55. The van der Waals surface area contributed by atoms with E-state index in [0.29, 0.717) is 0 Å². The summed E-state index contributed by atoms with van der Waals surface area (Å²) in [6.07, 6.45) is 2.02. The second-order valence-corrected chi connectivity index (χ2v) is 6.53. The van der Waals surface area contributed by atoms with Gasteiger partial charge >= 0.3 is 0 Å². The van der Waals surface area contributed by atoms with Crippen LogP contribution in [0.5, 0.6) is 5.75 Å². The zero-order valence-electron chi connectivity index (χ0n) is 14.0. The molecule has 2 aromatic carbocycles. The summed E-state index contributed by atoms with van der Waals surface area (Å²) in [7, 11) is 1.68. The zero-order valence-corrected chi connectivity index (χ0v) is 14.8. The number of hydrogen-bond donors (Lipinski definition) is 1. The number of aromatic nitrogens is 3. The van der Waals surface area contributed by atoms with Crippen molar-refractivity contribution in [2.24, 2.45) is 0 Å². The number of aryl methyl sites for hydroxylation is 2. The van der Waals surface area contributed by atoms with E-state index in [9.17, 15) is 0 Å². The molecular weight excluding hydrogens is 318 g/mol.